The van der Waals surface area contributed by atoms with Crippen molar-refractivity contribution in [3.05, 3.63) is 72.1 Å². The van der Waals surface area contributed by atoms with Gasteiger partial charge in [-0.3, -0.25) is 9.78 Å². The number of hydrogen-bond donors (Lipinski definition) is 0. The third kappa shape index (κ3) is 3.42. The van der Waals surface area contributed by atoms with Crippen LogP contribution >= 0.6 is 0 Å². The van der Waals surface area contributed by atoms with Crippen molar-refractivity contribution in [2.24, 2.45) is 0 Å². The molecule has 0 spiro atoms. The molecule has 0 aliphatic carbocycles. The Morgan fingerprint density at radius 1 is 1.14 bits per heavy atom. The SMILES string of the molecule is O=C(/C=C/c1ccccc1)N1CCCC[C@@H]1c1cccnc1. The van der Waals surface area contributed by atoms with Crippen LogP contribution in [0.25, 0.3) is 6.08 Å². The molecule has 1 fully saturated rings. The maximum Gasteiger partial charge on any atom is 0.247 e. The van der Waals surface area contributed by atoms with Gasteiger partial charge in [0.1, 0.15) is 0 Å². The Labute approximate surface area is 131 Å². The van der Waals surface area contributed by atoms with E-state index in [2.05, 4.69) is 11.1 Å². The highest BCUT2D eigenvalue weighted by atomic mass is 16.2. The molecule has 1 aromatic heterocycles. The molecule has 3 heteroatoms. The number of rotatable bonds is 3. The molecule has 1 aliphatic rings. The zero-order valence-electron chi connectivity index (χ0n) is 12.6. The molecule has 0 N–H and O–H groups in total. The standard InChI is InChI=1S/C19H20N2O/c22-19(12-11-16-7-2-1-3-8-16)21-14-5-4-10-18(21)17-9-6-13-20-15-17/h1-3,6-9,11-13,15,18H,4-5,10,14H2/b12-11+/t18-/m1/s1. The fourth-order valence-electron chi connectivity index (χ4n) is 2.94. The maximum absolute atomic E-state index is 12.6. The van der Waals surface area contributed by atoms with E-state index in [9.17, 15) is 4.79 Å². The average molecular weight is 292 g/mol. The highest BCUT2D eigenvalue weighted by Crippen LogP contribution is 2.30. The predicted molar refractivity (Wildman–Crippen MR) is 88.0 cm³/mol. The van der Waals surface area contributed by atoms with Crippen molar-refractivity contribution in [3.63, 3.8) is 0 Å². The molecule has 0 saturated carbocycles. The lowest BCUT2D eigenvalue weighted by Crippen LogP contribution is -2.37. The van der Waals surface area contributed by atoms with E-state index >= 15 is 0 Å². The molecule has 0 bridgehead atoms. The molecule has 1 amide bonds. The van der Waals surface area contributed by atoms with E-state index in [1.807, 2.05) is 53.6 Å². The van der Waals surface area contributed by atoms with E-state index in [1.165, 1.54) is 0 Å². The fourth-order valence-corrected chi connectivity index (χ4v) is 2.94. The quantitative estimate of drug-likeness (QED) is 0.805. The van der Waals surface area contributed by atoms with Crippen LogP contribution in [-0.4, -0.2) is 22.3 Å². The van der Waals surface area contributed by atoms with E-state index in [4.69, 9.17) is 0 Å². The highest BCUT2D eigenvalue weighted by Gasteiger charge is 2.26. The first-order chi connectivity index (χ1) is 10.8. The third-order valence-electron chi connectivity index (χ3n) is 4.07. The van der Waals surface area contributed by atoms with Crippen LogP contribution in [0.2, 0.25) is 0 Å². The second-order valence-electron chi connectivity index (χ2n) is 5.57. The molecule has 3 rings (SSSR count). The summed E-state index contributed by atoms with van der Waals surface area (Å²) in [5.74, 6) is 0.0809. The molecule has 22 heavy (non-hydrogen) atoms. The summed E-state index contributed by atoms with van der Waals surface area (Å²) in [5, 5.41) is 0. The minimum Gasteiger partial charge on any atom is -0.332 e. The normalized spacial score (nSPS) is 18.5. The van der Waals surface area contributed by atoms with E-state index in [0.717, 1.165) is 36.9 Å². The second kappa shape index (κ2) is 7.03. The summed E-state index contributed by atoms with van der Waals surface area (Å²) in [6, 6.07) is 14.1. The largest absolute Gasteiger partial charge is 0.332 e. The minimum atomic E-state index is 0.0809. The number of pyridine rings is 1. The van der Waals surface area contributed by atoms with Crippen molar-refractivity contribution in [3.8, 4) is 0 Å². The molecule has 2 aromatic rings. The molecule has 1 aliphatic heterocycles. The number of aromatic nitrogens is 1. The van der Waals surface area contributed by atoms with Crippen molar-refractivity contribution >= 4 is 12.0 Å². The Kier molecular flexibility index (Phi) is 4.64. The lowest BCUT2D eigenvalue weighted by atomic mass is 9.96. The van der Waals surface area contributed by atoms with Crippen LogP contribution in [0.3, 0.4) is 0 Å². The number of piperidine rings is 1. The van der Waals surface area contributed by atoms with Gasteiger partial charge in [0.2, 0.25) is 5.91 Å². The van der Waals surface area contributed by atoms with Gasteiger partial charge in [-0.1, -0.05) is 36.4 Å². The Morgan fingerprint density at radius 2 is 2.00 bits per heavy atom. The van der Waals surface area contributed by atoms with Gasteiger partial charge >= 0.3 is 0 Å². The summed E-state index contributed by atoms with van der Waals surface area (Å²) < 4.78 is 0. The smallest absolute Gasteiger partial charge is 0.247 e. The number of hydrogen-bond acceptors (Lipinski definition) is 2. The molecule has 3 nitrogen and oxygen atoms in total. The van der Waals surface area contributed by atoms with Gasteiger partial charge in [0, 0.05) is 25.0 Å². The van der Waals surface area contributed by atoms with Gasteiger partial charge in [0.05, 0.1) is 6.04 Å². The van der Waals surface area contributed by atoms with Crippen LogP contribution in [0.15, 0.2) is 60.9 Å². The van der Waals surface area contributed by atoms with Gasteiger partial charge in [0.25, 0.3) is 0 Å². The van der Waals surface area contributed by atoms with Crippen molar-refractivity contribution in [2.45, 2.75) is 25.3 Å². The molecular weight excluding hydrogens is 272 g/mol. The lowest BCUT2D eigenvalue weighted by molar-refractivity contribution is -0.129. The number of carbonyl (C=O) groups is 1. The number of nitrogens with zero attached hydrogens (tertiary/aromatic N) is 2. The van der Waals surface area contributed by atoms with E-state index in [-0.39, 0.29) is 11.9 Å². The summed E-state index contributed by atoms with van der Waals surface area (Å²) in [4.78, 5) is 18.7. The minimum absolute atomic E-state index is 0.0809. The first-order valence-electron chi connectivity index (χ1n) is 7.78. The van der Waals surface area contributed by atoms with Crippen LogP contribution in [-0.2, 0) is 4.79 Å². The lowest BCUT2D eigenvalue weighted by Gasteiger charge is -2.35. The average Bonchev–Trinajstić information content (AvgIpc) is 2.61. The maximum atomic E-state index is 12.6. The van der Waals surface area contributed by atoms with Gasteiger partial charge in [-0.25, -0.2) is 0 Å². The van der Waals surface area contributed by atoms with E-state index in [0.29, 0.717) is 0 Å². The van der Waals surface area contributed by atoms with Crippen LogP contribution in [0.5, 0.6) is 0 Å². The molecule has 112 valence electrons. The zero-order chi connectivity index (χ0) is 15.2. The van der Waals surface area contributed by atoms with Crippen LogP contribution in [0.1, 0.15) is 36.4 Å². The second-order valence-corrected chi connectivity index (χ2v) is 5.57. The number of benzene rings is 1. The molecule has 1 atom stereocenters. The summed E-state index contributed by atoms with van der Waals surface area (Å²) in [6.07, 6.45) is 10.5. The predicted octanol–water partition coefficient (Wildman–Crippen LogP) is 3.85. The molecule has 1 aromatic carbocycles. The van der Waals surface area contributed by atoms with Crippen molar-refractivity contribution in [2.75, 3.05) is 6.54 Å². The number of likely N-dealkylation sites (tertiary alicyclic amines) is 1. The summed E-state index contributed by atoms with van der Waals surface area (Å²) in [5.41, 5.74) is 2.18. The van der Waals surface area contributed by atoms with Gasteiger partial charge < -0.3 is 4.90 Å². The molecule has 0 radical (unpaired) electrons. The van der Waals surface area contributed by atoms with Crippen LogP contribution < -0.4 is 0 Å². The molecule has 2 heterocycles. The van der Waals surface area contributed by atoms with Crippen LogP contribution in [0, 0.1) is 0 Å². The van der Waals surface area contributed by atoms with Gasteiger partial charge in [-0.05, 0) is 42.5 Å². The van der Waals surface area contributed by atoms with Crippen molar-refractivity contribution in [1.82, 2.24) is 9.88 Å². The Balaban J connectivity index is 1.76. The van der Waals surface area contributed by atoms with Crippen molar-refractivity contribution < 1.29 is 4.79 Å². The highest BCUT2D eigenvalue weighted by molar-refractivity contribution is 5.92. The van der Waals surface area contributed by atoms with Gasteiger partial charge in [0.15, 0.2) is 0 Å². The summed E-state index contributed by atoms with van der Waals surface area (Å²) in [6.45, 7) is 0.817. The van der Waals surface area contributed by atoms with Crippen LogP contribution in [0.4, 0.5) is 0 Å². The number of amides is 1. The zero-order valence-corrected chi connectivity index (χ0v) is 12.6. The molecular formula is C19H20N2O. The van der Waals surface area contributed by atoms with E-state index < -0.39 is 0 Å². The number of carbonyl (C=O) groups excluding carboxylic acids is 1. The van der Waals surface area contributed by atoms with Gasteiger partial charge in [-0.15, -0.1) is 0 Å². The Morgan fingerprint density at radius 3 is 2.77 bits per heavy atom. The van der Waals surface area contributed by atoms with Crippen molar-refractivity contribution in [1.29, 1.82) is 0 Å². The first kappa shape index (κ1) is 14.5. The Bertz CT molecular complexity index is 637. The monoisotopic (exact) mass is 292 g/mol. The Hall–Kier alpha value is -2.42. The third-order valence-corrected chi connectivity index (χ3v) is 4.07. The summed E-state index contributed by atoms with van der Waals surface area (Å²) in [7, 11) is 0. The summed E-state index contributed by atoms with van der Waals surface area (Å²) >= 11 is 0. The molecule has 0 unspecified atom stereocenters. The molecule has 1 saturated heterocycles. The van der Waals surface area contributed by atoms with E-state index in [1.54, 1.807) is 12.3 Å². The van der Waals surface area contributed by atoms with Gasteiger partial charge in [-0.2, -0.15) is 0 Å². The first-order valence-corrected chi connectivity index (χ1v) is 7.78. The fraction of sp³-hybridized carbons (Fsp3) is 0.263. The topological polar surface area (TPSA) is 33.2 Å².